The van der Waals surface area contributed by atoms with Gasteiger partial charge in [0.15, 0.2) is 0 Å². The maximum atomic E-state index is 5.64. The summed E-state index contributed by atoms with van der Waals surface area (Å²) in [4.78, 5) is 4.17. The quantitative estimate of drug-likeness (QED) is 0.586. The molecule has 0 amide bonds. The van der Waals surface area contributed by atoms with Crippen molar-refractivity contribution in [1.29, 1.82) is 0 Å². The molecule has 1 aliphatic rings. The minimum absolute atomic E-state index is 0.162. The topological polar surface area (TPSA) is 60.2 Å². The molecule has 0 saturated heterocycles. The van der Waals surface area contributed by atoms with E-state index in [0.717, 1.165) is 17.2 Å². The summed E-state index contributed by atoms with van der Waals surface area (Å²) in [6.07, 6.45) is 6.19. The largest absolute Gasteiger partial charge is 0.495 e. The van der Waals surface area contributed by atoms with E-state index >= 15 is 0 Å². The standard InChI is InChI=1S/C12H19N3O/c1-8(9-3-4-9)12(15-13)10-5-11(16-2)7-14-6-10/h5-9,12,15H,3-4,13H2,1-2H3. The van der Waals surface area contributed by atoms with Crippen LogP contribution in [0.5, 0.6) is 5.75 Å². The third-order valence-electron chi connectivity index (χ3n) is 3.40. The predicted molar refractivity (Wildman–Crippen MR) is 62.7 cm³/mol. The van der Waals surface area contributed by atoms with Crippen LogP contribution in [0.3, 0.4) is 0 Å². The first-order valence-electron chi connectivity index (χ1n) is 5.71. The Balaban J connectivity index is 2.17. The molecule has 4 nitrogen and oxygen atoms in total. The average molecular weight is 221 g/mol. The van der Waals surface area contributed by atoms with Crippen LogP contribution in [0.2, 0.25) is 0 Å². The molecule has 2 unspecified atom stereocenters. The molecule has 1 aromatic rings. The van der Waals surface area contributed by atoms with Crippen LogP contribution < -0.4 is 16.0 Å². The summed E-state index contributed by atoms with van der Waals surface area (Å²) in [6, 6.07) is 2.16. The van der Waals surface area contributed by atoms with Gasteiger partial charge < -0.3 is 4.74 Å². The minimum atomic E-state index is 0.162. The zero-order valence-corrected chi connectivity index (χ0v) is 9.81. The maximum Gasteiger partial charge on any atom is 0.137 e. The van der Waals surface area contributed by atoms with Gasteiger partial charge in [-0.1, -0.05) is 6.92 Å². The Hall–Kier alpha value is -1.13. The van der Waals surface area contributed by atoms with E-state index in [1.54, 1.807) is 13.3 Å². The van der Waals surface area contributed by atoms with E-state index in [1.165, 1.54) is 12.8 Å². The summed E-state index contributed by atoms with van der Waals surface area (Å²) in [7, 11) is 1.65. The Labute approximate surface area is 96.2 Å². The Bertz CT molecular complexity index is 352. The number of ether oxygens (including phenoxy) is 1. The fourth-order valence-corrected chi connectivity index (χ4v) is 2.16. The highest BCUT2D eigenvalue weighted by atomic mass is 16.5. The summed E-state index contributed by atoms with van der Waals surface area (Å²) in [5, 5.41) is 0. The van der Waals surface area contributed by atoms with E-state index in [1.807, 2.05) is 12.3 Å². The van der Waals surface area contributed by atoms with Crippen LogP contribution in [-0.2, 0) is 0 Å². The lowest BCUT2D eigenvalue weighted by molar-refractivity contribution is 0.350. The number of nitrogens with zero attached hydrogens (tertiary/aromatic N) is 1. The number of methoxy groups -OCH3 is 1. The maximum absolute atomic E-state index is 5.64. The van der Waals surface area contributed by atoms with Gasteiger partial charge in [-0.2, -0.15) is 0 Å². The molecule has 88 valence electrons. The number of hydrogen-bond donors (Lipinski definition) is 2. The highest BCUT2D eigenvalue weighted by molar-refractivity contribution is 5.26. The lowest BCUT2D eigenvalue weighted by Crippen LogP contribution is -2.33. The minimum Gasteiger partial charge on any atom is -0.495 e. The van der Waals surface area contributed by atoms with Crippen molar-refractivity contribution >= 4 is 0 Å². The number of nitrogens with two attached hydrogens (primary N) is 1. The van der Waals surface area contributed by atoms with Gasteiger partial charge in [0.05, 0.1) is 19.3 Å². The average Bonchev–Trinajstić information content (AvgIpc) is 3.14. The Morgan fingerprint density at radius 2 is 2.25 bits per heavy atom. The number of nitrogens with one attached hydrogen (secondary N) is 1. The second kappa shape index (κ2) is 4.80. The first-order chi connectivity index (χ1) is 7.76. The van der Waals surface area contributed by atoms with Crippen LogP contribution in [0.25, 0.3) is 0 Å². The molecule has 2 rings (SSSR count). The molecule has 2 atom stereocenters. The Morgan fingerprint density at radius 3 is 2.81 bits per heavy atom. The summed E-state index contributed by atoms with van der Waals surface area (Å²) in [5.74, 6) is 7.76. The van der Waals surface area contributed by atoms with Crippen molar-refractivity contribution in [2.45, 2.75) is 25.8 Å². The summed E-state index contributed by atoms with van der Waals surface area (Å²) in [5.41, 5.74) is 3.99. The number of aromatic nitrogens is 1. The van der Waals surface area contributed by atoms with E-state index in [4.69, 9.17) is 10.6 Å². The Kier molecular flexibility index (Phi) is 3.41. The molecule has 1 heterocycles. The molecule has 0 bridgehead atoms. The molecule has 1 saturated carbocycles. The second-order valence-electron chi connectivity index (χ2n) is 4.50. The molecule has 1 aliphatic carbocycles. The van der Waals surface area contributed by atoms with Gasteiger partial charge in [-0.05, 0) is 36.3 Å². The summed E-state index contributed by atoms with van der Waals surface area (Å²) >= 11 is 0. The number of rotatable bonds is 5. The third kappa shape index (κ3) is 2.33. The molecule has 0 radical (unpaired) electrons. The van der Waals surface area contributed by atoms with Gasteiger partial charge in [-0.25, -0.2) is 0 Å². The van der Waals surface area contributed by atoms with Gasteiger partial charge in [-0.3, -0.25) is 16.3 Å². The number of hydrazine groups is 1. The van der Waals surface area contributed by atoms with Crippen molar-refractivity contribution in [3.63, 3.8) is 0 Å². The van der Waals surface area contributed by atoms with Crippen molar-refractivity contribution in [1.82, 2.24) is 10.4 Å². The van der Waals surface area contributed by atoms with E-state index in [2.05, 4.69) is 17.3 Å². The van der Waals surface area contributed by atoms with E-state index in [0.29, 0.717) is 5.92 Å². The van der Waals surface area contributed by atoms with Crippen LogP contribution in [0.1, 0.15) is 31.4 Å². The van der Waals surface area contributed by atoms with Gasteiger partial charge in [0.1, 0.15) is 5.75 Å². The first kappa shape index (κ1) is 11.4. The SMILES string of the molecule is COc1cncc(C(NN)C(C)C2CC2)c1. The molecule has 0 aromatic carbocycles. The fourth-order valence-electron chi connectivity index (χ4n) is 2.16. The van der Waals surface area contributed by atoms with Crippen LogP contribution >= 0.6 is 0 Å². The molecule has 3 N–H and O–H groups in total. The predicted octanol–water partition coefficient (Wildman–Crippen LogP) is 1.64. The molecule has 4 heteroatoms. The molecular formula is C12H19N3O. The van der Waals surface area contributed by atoms with Crippen LogP contribution in [0, 0.1) is 11.8 Å². The molecular weight excluding hydrogens is 202 g/mol. The van der Waals surface area contributed by atoms with Crippen LogP contribution in [0.4, 0.5) is 0 Å². The zero-order valence-electron chi connectivity index (χ0n) is 9.81. The van der Waals surface area contributed by atoms with E-state index < -0.39 is 0 Å². The van der Waals surface area contributed by atoms with Gasteiger partial charge >= 0.3 is 0 Å². The van der Waals surface area contributed by atoms with Crippen molar-refractivity contribution in [3.8, 4) is 5.75 Å². The fraction of sp³-hybridized carbons (Fsp3) is 0.583. The number of hydrogen-bond acceptors (Lipinski definition) is 4. The number of pyridine rings is 1. The van der Waals surface area contributed by atoms with Crippen molar-refractivity contribution in [2.75, 3.05) is 7.11 Å². The van der Waals surface area contributed by atoms with Crippen LogP contribution in [0.15, 0.2) is 18.5 Å². The Morgan fingerprint density at radius 1 is 1.50 bits per heavy atom. The lowest BCUT2D eigenvalue weighted by Gasteiger charge is -2.23. The zero-order chi connectivity index (χ0) is 11.5. The highest BCUT2D eigenvalue weighted by Gasteiger charge is 2.33. The van der Waals surface area contributed by atoms with Gasteiger partial charge in [0.2, 0.25) is 0 Å². The second-order valence-corrected chi connectivity index (χ2v) is 4.50. The van der Waals surface area contributed by atoms with E-state index in [-0.39, 0.29) is 6.04 Å². The van der Waals surface area contributed by atoms with Gasteiger partial charge in [0, 0.05) is 6.20 Å². The van der Waals surface area contributed by atoms with Crippen molar-refractivity contribution < 1.29 is 4.74 Å². The van der Waals surface area contributed by atoms with Crippen LogP contribution in [-0.4, -0.2) is 12.1 Å². The molecule has 1 fully saturated rings. The lowest BCUT2D eigenvalue weighted by atomic mass is 9.92. The van der Waals surface area contributed by atoms with Crippen molar-refractivity contribution in [2.24, 2.45) is 17.7 Å². The third-order valence-corrected chi connectivity index (χ3v) is 3.40. The normalized spacial score (nSPS) is 19.2. The summed E-state index contributed by atoms with van der Waals surface area (Å²) < 4.78 is 5.17. The molecule has 0 aliphatic heterocycles. The smallest absolute Gasteiger partial charge is 0.137 e. The monoisotopic (exact) mass is 221 g/mol. The van der Waals surface area contributed by atoms with Crippen molar-refractivity contribution in [3.05, 3.63) is 24.0 Å². The van der Waals surface area contributed by atoms with Gasteiger partial charge in [-0.15, -0.1) is 0 Å². The van der Waals surface area contributed by atoms with Gasteiger partial charge in [0.25, 0.3) is 0 Å². The molecule has 0 spiro atoms. The molecule has 1 aromatic heterocycles. The first-order valence-corrected chi connectivity index (χ1v) is 5.71. The van der Waals surface area contributed by atoms with E-state index in [9.17, 15) is 0 Å². The molecule has 16 heavy (non-hydrogen) atoms. The summed E-state index contributed by atoms with van der Waals surface area (Å²) in [6.45, 7) is 2.24. The highest BCUT2D eigenvalue weighted by Crippen LogP contribution is 2.42.